The van der Waals surface area contributed by atoms with Crippen LogP contribution in [0, 0.1) is 5.92 Å². The molecule has 4 heteroatoms. The summed E-state index contributed by atoms with van der Waals surface area (Å²) in [5.41, 5.74) is 5.81. The average molecular weight is 201 g/mol. The van der Waals surface area contributed by atoms with Crippen LogP contribution in [0.25, 0.3) is 0 Å². The van der Waals surface area contributed by atoms with Gasteiger partial charge in [-0.15, -0.1) is 0 Å². The van der Waals surface area contributed by atoms with Crippen molar-refractivity contribution in [2.45, 2.75) is 33.7 Å². The number of carbonyl (C=O) groups excluding carboxylic acids is 1. The molecule has 0 fully saturated rings. The quantitative estimate of drug-likeness (QED) is 0.697. The molecule has 0 bridgehead atoms. The second-order valence-electron chi connectivity index (χ2n) is 3.77. The highest BCUT2D eigenvalue weighted by Gasteiger charge is 2.12. The fraction of sp³-hybridized carbons (Fsp3) is 0.900. The predicted octanol–water partition coefficient (Wildman–Crippen LogP) is 1.02. The zero-order valence-electron chi connectivity index (χ0n) is 9.71. The molecule has 2 amide bonds. The largest absolute Gasteiger partial charge is 0.336 e. The van der Waals surface area contributed by atoms with Gasteiger partial charge in [-0.05, 0) is 19.8 Å². The molecule has 0 saturated carbocycles. The minimum Gasteiger partial charge on any atom is -0.336 e. The highest BCUT2D eigenvalue weighted by atomic mass is 16.2. The molecule has 0 heterocycles. The van der Waals surface area contributed by atoms with Crippen molar-refractivity contribution in [3.63, 3.8) is 0 Å². The van der Waals surface area contributed by atoms with Gasteiger partial charge in [-0.3, -0.25) is 0 Å². The van der Waals surface area contributed by atoms with Gasteiger partial charge in [-0.25, -0.2) is 4.79 Å². The van der Waals surface area contributed by atoms with Crippen LogP contribution in [0.5, 0.6) is 0 Å². The summed E-state index contributed by atoms with van der Waals surface area (Å²) in [5.74, 6) is 0.395. The number of nitrogens with two attached hydrogens (primary N) is 1. The van der Waals surface area contributed by atoms with Crippen molar-refractivity contribution in [3.05, 3.63) is 0 Å². The first-order valence-corrected chi connectivity index (χ1v) is 5.31. The Hall–Kier alpha value is -0.770. The summed E-state index contributed by atoms with van der Waals surface area (Å²) < 4.78 is 0. The summed E-state index contributed by atoms with van der Waals surface area (Å²) in [6.45, 7) is 10.0. The summed E-state index contributed by atoms with van der Waals surface area (Å²) in [6, 6.07) is 0.0145. The van der Waals surface area contributed by atoms with E-state index in [1.807, 2.05) is 27.7 Å². The number of hydrogen-bond acceptors (Lipinski definition) is 2. The van der Waals surface area contributed by atoms with E-state index >= 15 is 0 Å². The monoisotopic (exact) mass is 201 g/mol. The lowest BCUT2D eigenvalue weighted by atomic mass is 10.1. The van der Waals surface area contributed by atoms with Crippen LogP contribution in [-0.2, 0) is 0 Å². The molecule has 4 nitrogen and oxygen atoms in total. The van der Waals surface area contributed by atoms with Gasteiger partial charge < -0.3 is 16.0 Å². The first-order valence-electron chi connectivity index (χ1n) is 5.31. The molecule has 14 heavy (non-hydrogen) atoms. The van der Waals surface area contributed by atoms with E-state index in [4.69, 9.17) is 5.73 Å². The Morgan fingerprint density at radius 2 is 1.86 bits per heavy atom. The number of carbonyl (C=O) groups is 1. The second-order valence-corrected chi connectivity index (χ2v) is 3.77. The van der Waals surface area contributed by atoms with Crippen LogP contribution in [0.15, 0.2) is 0 Å². The molecule has 0 radical (unpaired) electrons. The van der Waals surface area contributed by atoms with Crippen molar-refractivity contribution in [1.82, 2.24) is 10.2 Å². The van der Waals surface area contributed by atoms with E-state index in [0.29, 0.717) is 12.5 Å². The number of nitrogens with one attached hydrogen (secondary N) is 1. The van der Waals surface area contributed by atoms with Gasteiger partial charge in [0.25, 0.3) is 0 Å². The Balaban J connectivity index is 3.83. The van der Waals surface area contributed by atoms with Crippen LogP contribution in [0.1, 0.15) is 27.7 Å². The van der Waals surface area contributed by atoms with E-state index in [9.17, 15) is 4.79 Å². The average Bonchev–Trinajstić information content (AvgIpc) is 2.15. The lowest BCUT2D eigenvalue weighted by molar-refractivity contribution is 0.202. The van der Waals surface area contributed by atoms with Crippen molar-refractivity contribution >= 4 is 6.03 Å². The molecule has 1 unspecified atom stereocenters. The van der Waals surface area contributed by atoms with E-state index < -0.39 is 0 Å². The Kier molecular flexibility index (Phi) is 6.28. The van der Waals surface area contributed by atoms with Crippen LogP contribution in [0.3, 0.4) is 0 Å². The molecular formula is C10H23N3O. The number of amides is 2. The molecule has 0 aliphatic rings. The SMILES string of the molecule is CCN(CC)C(=O)NCC(N)C(C)C. The molecule has 0 saturated heterocycles. The topological polar surface area (TPSA) is 58.4 Å². The van der Waals surface area contributed by atoms with Crippen molar-refractivity contribution < 1.29 is 4.79 Å². The summed E-state index contributed by atoms with van der Waals surface area (Å²) >= 11 is 0. The van der Waals surface area contributed by atoms with Crippen molar-refractivity contribution in [1.29, 1.82) is 0 Å². The van der Waals surface area contributed by atoms with Crippen LogP contribution in [0.2, 0.25) is 0 Å². The van der Waals surface area contributed by atoms with Crippen molar-refractivity contribution in [2.24, 2.45) is 11.7 Å². The van der Waals surface area contributed by atoms with E-state index in [-0.39, 0.29) is 12.1 Å². The third-order valence-corrected chi connectivity index (χ3v) is 2.40. The number of urea groups is 1. The maximum absolute atomic E-state index is 11.5. The highest BCUT2D eigenvalue weighted by Crippen LogP contribution is 1.96. The minimum absolute atomic E-state index is 0.0221. The second kappa shape index (κ2) is 6.65. The molecule has 3 N–H and O–H groups in total. The Morgan fingerprint density at radius 3 is 2.21 bits per heavy atom. The third kappa shape index (κ3) is 4.46. The van der Waals surface area contributed by atoms with Gasteiger partial charge in [0.05, 0.1) is 0 Å². The molecule has 0 aromatic rings. The zero-order chi connectivity index (χ0) is 11.1. The summed E-state index contributed by atoms with van der Waals surface area (Å²) in [5, 5.41) is 2.83. The van der Waals surface area contributed by atoms with Crippen LogP contribution >= 0.6 is 0 Å². The molecule has 0 spiro atoms. The van der Waals surface area contributed by atoms with Crippen molar-refractivity contribution in [2.75, 3.05) is 19.6 Å². The third-order valence-electron chi connectivity index (χ3n) is 2.40. The fourth-order valence-corrected chi connectivity index (χ4v) is 1.06. The fourth-order valence-electron chi connectivity index (χ4n) is 1.06. The van der Waals surface area contributed by atoms with Gasteiger partial charge in [0.2, 0.25) is 0 Å². The number of rotatable bonds is 5. The molecular weight excluding hydrogens is 178 g/mol. The Labute approximate surface area is 86.8 Å². The van der Waals surface area contributed by atoms with Gasteiger partial charge in [-0.1, -0.05) is 13.8 Å². The summed E-state index contributed by atoms with van der Waals surface area (Å²) in [6.07, 6.45) is 0. The summed E-state index contributed by atoms with van der Waals surface area (Å²) in [4.78, 5) is 13.2. The van der Waals surface area contributed by atoms with Gasteiger partial charge in [0, 0.05) is 25.7 Å². The van der Waals surface area contributed by atoms with Crippen LogP contribution in [-0.4, -0.2) is 36.6 Å². The highest BCUT2D eigenvalue weighted by molar-refractivity contribution is 5.74. The first kappa shape index (κ1) is 13.2. The molecule has 0 aromatic carbocycles. The van der Waals surface area contributed by atoms with Gasteiger partial charge in [-0.2, -0.15) is 0 Å². The smallest absolute Gasteiger partial charge is 0.317 e. The predicted molar refractivity (Wildman–Crippen MR) is 59.1 cm³/mol. The summed E-state index contributed by atoms with van der Waals surface area (Å²) in [7, 11) is 0. The lowest BCUT2D eigenvalue weighted by Crippen LogP contribution is -2.46. The number of hydrogen-bond donors (Lipinski definition) is 2. The van der Waals surface area contributed by atoms with E-state index in [2.05, 4.69) is 5.32 Å². The first-order chi connectivity index (χ1) is 6.52. The molecule has 0 aliphatic heterocycles. The molecule has 0 aromatic heterocycles. The standard InChI is InChI=1S/C10H23N3O/c1-5-13(6-2)10(14)12-7-9(11)8(3)4/h8-9H,5-7,11H2,1-4H3,(H,12,14). The Bertz CT molecular complexity index is 167. The molecule has 1 atom stereocenters. The van der Waals surface area contributed by atoms with E-state index in [1.54, 1.807) is 4.90 Å². The maximum Gasteiger partial charge on any atom is 0.317 e. The maximum atomic E-state index is 11.5. The molecule has 84 valence electrons. The molecule has 0 aliphatic carbocycles. The molecule has 0 rings (SSSR count). The zero-order valence-corrected chi connectivity index (χ0v) is 9.71. The van der Waals surface area contributed by atoms with Gasteiger partial charge >= 0.3 is 6.03 Å². The van der Waals surface area contributed by atoms with Crippen LogP contribution < -0.4 is 11.1 Å². The van der Waals surface area contributed by atoms with Gasteiger partial charge in [0.1, 0.15) is 0 Å². The van der Waals surface area contributed by atoms with Gasteiger partial charge in [0.15, 0.2) is 0 Å². The number of nitrogens with zero attached hydrogens (tertiary/aromatic N) is 1. The normalized spacial score (nSPS) is 12.7. The minimum atomic E-state index is -0.0221. The van der Waals surface area contributed by atoms with E-state index in [0.717, 1.165) is 13.1 Å². The van der Waals surface area contributed by atoms with Crippen LogP contribution in [0.4, 0.5) is 4.79 Å². The van der Waals surface area contributed by atoms with Crippen molar-refractivity contribution in [3.8, 4) is 0 Å². The lowest BCUT2D eigenvalue weighted by Gasteiger charge is -2.22. The van der Waals surface area contributed by atoms with E-state index in [1.165, 1.54) is 0 Å². The Morgan fingerprint density at radius 1 is 1.36 bits per heavy atom.